The molecule has 87 heavy (non-hydrogen) atoms. The molecule has 4 heterocycles. The molecule has 0 radical (unpaired) electrons. The number of alkyl carbamates (subject to hydrolysis) is 2. The summed E-state index contributed by atoms with van der Waals surface area (Å²) in [6, 6.07) is 10.8. The molecule has 2 aromatic heterocycles. The molecule has 0 bridgehead atoms. The van der Waals surface area contributed by atoms with Crippen LogP contribution in [0.15, 0.2) is 63.1 Å². The van der Waals surface area contributed by atoms with Crippen LogP contribution in [0.5, 0.6) is 0 Å². The van der Waals surface area contributed by atoms with Gasteiger partial charge < -0.3 is 50.4 Å². The number of thiazole rings is 2. The maximum absolute atomic E-state index is 13.3. The van der Waals surface area contributed by atoms with Crippen LogP contribution in [0.25, 0.3) is 20.9 Å². The number of aromatic nitrogens is 2. The average molecular weight is 1350 g/mol. The number of nitrogens with two attached hydrogens (primary N) is 1. The summed E-state index contributed by atoms with van der Waals surface area (Å²) in [5.74, 6) is 0.557. The van der Waals surface area contributed by atoms with E-state index in [-0.39, 0.29) is 76.5 Å². The van der Waals surface area contributed by atoms with E-state index in [2.05, 4.69) is 46.3 Å². The number of nitrogens with zero attached hydrogens (tertiary/aromatic N) is 4. The van der Waals surface area contributed by atoms with Crippen molar-refractivity contribution in [3.05, 3.63) is 63.3 Å². The highest BCUT2D eigenvalue weighted by atomic mass is 79.9. The van der Waals surface area contributed by atoms with Crippen molar-refractivity contribution < 1.29 is 55.0 Å². The topological polar surface area (TPSA) is 292 Å². The van der Waals surface area contributed by atoms with E-state index in [1.165, 1.54) is 22.7 Å². The Hall–Kier alpha value is -5.16. The van der Waals surface area contributed by atoms with E-state index in [0.29, 0.717) is 59.9 Å². The van der Waals surface area contributed by atoms with Crippen molar-refractivity contribution in [2.45, 2.75) is 216 Å². The number of carbonyl (C=O) groups is 4. The largest absolute Gasteiger partial charge is 0.447 e. The molecule has 27 heteroatoms. The van der Waals surface area contributed by atoms with E-state index in [1.54, 1.807) is 48.2 Å². The lowest BCUT2D eigenvalue weighted by molar-refractivity contribution is -0.00479. The summed E-state index contributed by atoms with van der Waals surface area (Å²) in [5, 5.41) is 11.3. The van der Waals surface area contributed by atoms with Gasteiger partial charge in [0.2, 0.25) is 20.0 Å². The second-order valence-corrected chi connectivity index (χ2v) is 32.3. The smallest absolute Gasteiger partial charge is 0.410 e. The number of hydrogen-bond acceptors (Lipinski definition) is 18. The zero-order chi connectivity index (χ0) is 64.5. The lowest BCUT2D eigenvalue weighted by atomic mass is 9.86. The van der Waals surface area contributed by atoms with Gasteiger partial charge in [0, 0.05) is 102 Å². The molecule has 0 spiro atoms. The van der Waals surface area contributed by atoms with Gasteiger partial charge in [-0.15, -0.1) is 22.7 Å². The number of ether oxygens (including phenoxy) is 4. The van der Waals surface area contributed by atoms with E-state index in [1.807, 2.05) is 107 Å². The second kappa shape index (κ2) is 29.6. The predicted molar refractivity (Wildman–Crippen MR) is 344 cm³/mol. The summed E-state index contributed by atoms with van der Waals surface area (Å²) < 4.78 is 78.9. The minimum absolute atomic E-state index is 0.0765. The van der Waals surface area contributed by atoms with Crippen molar-refractivity contribution in [1.82, 2.24) is 39.8 Å². The van der Waals surface area contributed by atoms with Gasteiger partial charge in [0.1, 0.15) is 11.2 Å². The summed E-state index contributed by atoms with van der Waals surface area (Å²) in [4.78, 5) is 62.2. The number of hydrogen-bond donors (Lipinski definition) is 6. The first-order chi connectivity index (χ1) is 40.5. The van der Waals surface area contributed by atoms with Gasteiger partial charge in [0.15, 0.2) is 0 Å². The number of amides is 4. The summed E-state index contributed by atoms with van der Waals surface area (Å²) in [6.45, 7) is 28.4. The molecule has 0 atom stereocenters. The Kier molecular flexibility index (Phi) is 24.2. The van der Waals surface area contributed by atoms with Crippen LogP contribution in [-0.2, 0) is 39.0 Å². The molecule has 4 fully saturated rings. The van der Waals surface area contributed by atoms with Crippen LogP contribution in [-0.4, -0.2) is 147 Å². The summed E-state index contributed by atoms with van der Waals surface area (Å²) >= 11 is 6.43. The first-order valence-electron chi connectivity index (χ1n) is 29.8. The van der Waals surface area contributed by atoms with E-state index < -0.39 is 36.8 Å². The minimum atomic E-state index is -3.79. The van der Waals surface area contributed by atoms with Gasteiger partial charge in [-0.3, -0.25) is 0 Å². The Bertz CT molecular complexity index is 3220. The van der Waals surface area contributed by atoms with Crippen LogP contribution in [0.2, 0.25) is 0 Å². The van der Waals surface area contributed by atoms with Gasteiger partial charge in [0.05, 0.1) is 47.3 Å². The molecule has 484 valence electrons. The molecule has 2 aromatic carbocycles. The van der Waals surface area contributed by atoms with Crippen molar-refractivity contribution in [2.75, 3.05) is 44.6 Å². The number of rotatable bonds is 16. The molecular formula is C60H91BrN10O12S4. The van der Waals surface area contributed by atoms with E-state index in [4.69, 9.17) is 29.7 Å². The number of halogens is 1. The molecule has 2 saturated carbocycles. The molecular weight excluding hydrogens is 1260 g/mol. The van der Waals surface area contributed by atoms with Gasteiger partial charge in [-0.2, -0.15) is 0 Å². The van der Waals surface area contributed by atoms with Crippen LogP contribution in [0.1, 0.15) is 170 Å². The summed E-state index contributed by atoms with van der Waals surface area (Å²) in [5.41, 5.74) is 6.02. The van der Waals surface area contributed by atoms with Crippen LogP contribution in [0, 0.1) is 0 Å². The third kappa shape index (κ3) is 21.2. The monoisotopic (exact) mass is 1350 g/mol. The highest BCUT2D eigenvalue weighted by molar-refractivity contribution is 9.10. The molecule has 4 aliphatic rings. The molecule has 4 amide bonds. The number of benzene rings is 2. The number of anilines is 1. The van der Waals surface area contributed by atoms with Crippen LogP contribution >= 0.6 is 38.6 Å². The van der Waals surface area contributed by atoms with Crippen LogP contribution in [0.4, 0.5) is 24.9 Å². The Morgan fingerprint density at radius 1 is 0.644 bits per heavy atom. The first kappa shape index (κ1) is 70.9. The fourth-order valence-electron chi connectivity index (χ4n) is 10.4. The predicted octanol–water partition coefficient (Wildman–Crippen LogP) is 11.7. The zero-order valence-electron chi connectivity index (χ0n) is 52.8. The van der Waals surface area contributed by atoms with Gasteiger partial charge in [-0.25, -0.2) is 55.4 Å². The van der Waals surface area contributed by atoms with E-state index in [9.17, 15) is 36.0 Å². The van der Waals surface area contributed by atoms with Gasteiger partial charge in [-0.1, -0.05) is 41.9 Å². The Morgan fingerprint density at radius 3 is 1.41 bits per heavy atom. The van der Waals surface area contributed by atoms with E-state index in [0.717, 1.165) is 71.1 Å². The highest BCUT2D eigenvalue weighted by Gasteiger charge is 2.44. The fourth-order valence-corrected chi connectivity index (χ4v) is 15.9. The number of sulfonamides is 2. The number of nitrogens with one attached hydrogen (secondary N) is 5. The molecule has 7 N–H and O–H groups in total. The lowest BCUT2D eigenvalue weighted by Gasteiger charge is -2.48. The maximum atomic E-state index is 13.3. The molecule has 2 aliphatic carbocycles. The van der Waals surface area contributed by atoms with Gasteiger partial charge in [0.25, 0.3) is 0 Å². The standard InChI is InChI=1S/C30H45N5O6S2.C21H28BrN3O4S2.C9H18N2O2/c1-8-32-43(38,39)25-15-22(34-30(7)17-35(18-30)28(37)41-29(4,5)6)13-14-23(25)24-16-31-26(42-24)20-9-11-21(12-10-20)33-27(36)40-19(2)3;1-4-24-31(27,28)19-11-15(22)7-10-17(19)18-12-23-20(30-18)14-5-8-16(9-6-14)25-21(26)29-13(2)3;1-8(2,3)13-7(12)11-5-9(4,10)6-11/h13-16,19-21,32,34H,8-12,17-18H2,1-7H3,(H,33,36);7,10-14,16,24H,4-6,8-9H2,1-3H3,(H,25,26);5-6,10H2,1-4H3. The molecule has 2 saturated heterocycles. The normalized spacial score (nSPS) is 20.1. The molecule has 4 aromatic rings. The van der Waals surface area contributed by atoms with Crippen molar-refractivity contribution in [1.29, 1.82) is 0 Å². The van der Waals surface area contributed by atoms with Crippen LogP contribution < -0.4 is 31.1 Å². The van der Waals surface area contributed by atoms with Gasteiger partial charge in [-0.05, 0) is 159 Å². The van der Waals surface area contributed by atoms with Crippen molar-refractivity contribution in [3.63, 3.8) is 0 Å². The molecule has 8 rings (SSSR count). The van der Waals surface area contributed by atoms with Gasteiger partial charge >= 0.3 is 24.4 Å². The number of likely N-dealkylation sites (tertiary alicyclic amines) is 2. The second-order valence-electron chi connectivity index (χ2n) is 25.8. The highest BCUT2D eigenvalue weighted by Crippen LogP contribution is 2.42. The zero-order valence-corrected chi connectivity index (χ0v) is 57.6. The lowest BCUT2D eigenvalue weighted by Crippen LogP contribution is -2.67. The minimum Gasteiger partial charge on any atom is -0.447 e. The SMILES string of the molecule is CC1(N)CN(C(=O)OC(C)(C)C)C1.CCNS(=O)(=O)c1cc(Br)ccc1-c1cnc(C2CCC(NC(=O)OC(C)C)CC2)s1.CCNS(=O)(=O)c1cc(NC2(C)CN(C(=O)OC(C)(C)C)C2)ccc1-c1cnc(C2CCC(NC(=O)OC(C)C)CC2)s1. The third-order valence-electron chi connectivity index (χ3n) is 14.2. The average Bonchev–Trinajstić information content (AvgIpc) is 2.09. The fraction of sp³-hybridized carbons (Fsp3) is 0.633. The van der Waals surface area contributed by atoms with Crippen molar-refractivity contribution in [2.24, 2.45) is 5.73 Å². The van der Waals surface area contributed by atoms with Crippen molar-refractivity contribution in [3.8, 4) is 20.9 Å². The Labute approximate surface area is 531 Å². The molecule has 22 nitrogen and oxygen atoms in total. The Balaban J connectivity index is 0.000000238. The van der Waals surface area contributed by atoms with Crippen LogP contribution in [0.3, 0.4) is 0 Å². The summed E-state index contributed by atoms with van der Waals surface area (Å²) in [6.07, 6.45) is 8.84. The van der Waals surface area contributed by atoms with Crippen molar-refractivity contribution >= 4 is 88.7 Å². The molecule has 0 unspecified atom stereocenters. The number of carbonyl (C=O) groups excluding carboxylic acids is 4. The van der Waals surface area contributed by atoms with E-state index >= 15 is 0 Å². The maximum Gasteiger partial charge on any atom is 0.410 e. The quantitative estimate of drug-likeness (QED) is 0.0568. The first-order valence-corrected chi connectivity index (χ1v) is 35.2. The molecule has 2 aliphatic heterocycles. The summed E-state index contributed by atoms with van der Waals surface area (Å²) in [7, 11) is -7.40. The Morgan fingerprint density at radius 2 is 1.03 bits per heavy atom. The third-order valence-corrected chi connectivity index (χ3v) is 20.2.